The first-order valence-corrected chi connectivity index (χ1v) is 13.3. The van der Waals surface area contributed by atoms with Crippen molar-refractivity contribution in [3.05, 3.63) is 34.8 Å². The molecule has 9 heteroatoms. The maximum Gasteiger partial charge on any atom is 0.309 e. The van der Waals surface area contributed by atoms with Gasteiger partial charge in [0.15, 0.2) is 5.13 Å². The Morgan fingerprint density at radius 1 is 1.22 bits per heavy atom. The lowest BCUT2D eigenvalue weighted by Crippen LogP contribution is -2.50. The van der Waals surface area contributed by atoms with Gasteiger partial charge in [-0.3, -0.25) is 9.52 Å². The molecule has 6 atom stereocenters. The molecule has 0 amide bonds. The standard InChI is InChI=1S/C23H28N2O5S2/c1-12-16-9-10-23(3)11-17-19(13(2)18(23)20(16)30-21(12)26)24-22(31-17)25-32(27,28)15-7-5-14(29-4)6-8-15/h5-8,12-13,16,18,20H,9-11H2,1-4H3,(H,24,25)/t12-,13-,16-,18+,20-,23-/m0/s1. The summed E-state index contributed by atoms with van der Waals surface area (Å²) < 4.78 is 39.4. The monoisotopic (exact) mass is 476 g/mol. The lowest BCUT2D eigenvalue weighted by molar-refractivity contribution is -0.149. The van der Waals surface area contributed by atoms with Crippen LogP contribution in [0.25, 0.3) is 0 Å². The highest BCUT2D eigenvalue weighted by molar-refractivity contribution is 7.93. The number of benzene rings is 1. The number of anilines is 1. The molecule has 0 unspecified atom stereocenters. The van der Waals surface area contributed by atoms with Crippen molar-refractivity contribution in [3.63, 3.8) is 0 Å². The number of sulfonamides is 1. The van der Waals surface area contributed by atoms with E-state index in [9.17, 15) is 13.2 Å². The molecule has 1 aliphatic heterocycles. The van der Waals surface area contributed by atoms with Crippen LogP contribution >= 0.6 is 11.3 Å². The molecule has 0 bridgehead atoms. The Bertz CT molecular complexity index is 1160. The number of nitrogens with one attached hydrogen (secondary N) is 1. The maximum atomic E-state index is 12.9. The van der Waals surface area contributed by atoms with Gasteiger partial charge < -0.3 is 9.47 Å². The van der Waals surface area contributed by atoms with E-state index in [1.807, 2.05) is 6.92 Å². The van der Waals surface area contributed by atoms with Crippen molar-refractivity contribution in [2.75, 3.05) is 11.8 Å². The van der Waals surface area contributed by atoms with E-state index in [2.05, 4.69) is 18.6 Å². The van der Waals surface area contributed by atoms with Crippen LogP contribution in [0.2, 0.25) is 0 Å². The Morgan fingerprint density at radius 3 is 2.62 bits per heavy atom. The van der Waals surface area contributed by atoms with E-state index in [-0.39, 0.29) is 46.1 Å². The summed E-state index contributed by atoms with van der Waals surface area (Å²) in [5, 5.41) is 0.383. The van der Waals surface area contributed by atoms with Crippen LogP contribution in [-0.4, -0.2) is 32.6 Å². The van der Waals surface area contributed by atoms with Gasteiger partial charge in [0.2, 0.25) is 0 Å². The highest BCUT2D eigenvalue weighted by Crippen LogP contribution is 2.59. The summed E-state index contributed by atoms with van der Waals surface area (Å²) in [5.41, 5.74) is 0.942. The van der Waals surface area contributed by atoms with Crippen LogP contribution in [0.3, 0.4) is 0 Å². The topological polar surface area (TPSA) is 94.6 Å². The van der Waals surface area contributed by atoms with Gasteiger partial charge in [0.1, 0.15) is 11.9 Å². The minimum absolute atomic E-state index is 0.0105. The molecule has 2 aromatic rings. The molecular formula is C23H28N2O5S2. The smallest absolute Gasteiger partial charge is 0.309 e. The van der Waals surface area contributed by atoms with Crippen molar-refractivity contribution in [1.29, 1.82) is 0 Å². The summed E-state index contributed by atoms with van der Waals surface area (Å²) in [7, 11) is -2.21. The molecule has 7 nitrogen and oxygen atoms in total. The summed E-state index contributed by atoms with van der Waals surface area (Å²) >= 11 is 1.42. The van der Waals surface area contributed by atoms with E-state index >= 15 is 0 Å². The molecule has 2 heterocycles. The van der Waals surface area contributed by atoms with E-state index in [0.717, 1.165) is 29.8 Å². The fraction of sp³-hybridized carbons (Fsp3) is 0.565. The lowest BCUT2D eigenvalue weighted by atomic mass is 9.54. The van der Waals surface area contributed by atoms with Gasteiger partial charge in [0.05, 0.1) is 23.6 Å². The van der Waals surface area contributed by atoms with Gasteiger partial charge >= 0.3 is 5.97 Å². The van der Waals surface area contributed by atoms with Crippen molar-refractivity contribution in [2.24, 2.45) is 23.2 Å². The zero-order valence-corrected chi connectivity index (χ0v) is 20.3. The zero-order valence-electron chi connectivity index (χ0n) is 18.6. The number of ether oxygens (including phenoxy) is 2. The third kappa shape index (κ3) is 3.32. The number of fused-ring (bicyclic) bond motifs is 4. The fourth-order valence-electron chi connectivity index (χ4n) is 6.05. The average Bonchev–Trinajstić information content (AvgIpc) is 3.26. The fourth-order valence-corrected chi connectivity index (χ4v) is 8.55. The Morgan fingerprint density at radius 2 is 1.94 bits per heavy atom. The van der Waals surface area contributed by atoms with Gasteiger partial charge in [-0.1, -0.05) is 20.8 Å². The summed E-state index contributed by atoms with van der Waals surface area (Å²) in [5.74, 6) is 0.990. The minimum Gasteiger partial charge on any atom is -0.497 e. The van der Waals surface area contributed by atoms with Crippen molar-refractivity contribution in [3.8, 4) is 5.75 Å². The SMILES string of the molecule is COc1ccc(S(=O)(=O)Nc2nc3c(s2)C[C@]2(C)CC[C@@H]4[C@H](OC(=O)[C@H]4C)[C@H]2[C@@H]3C)cc1. The normalized spacial score (nSPS) is 33.6. The molecule has 0 spiro atoms. The Kier molecular flexibility index (Phi) is 5.05. The second kappa shape index (κ2) is 7.45. The van der Waals surface area contributed by atoms with Crippen LogP contribution < -0.4 is 9.46 Å². The second-order valence-corrected chi connectivity index (χ2v) is 12.4. The molecule has 1 aromatic heterocycles. The second-order valence-electron chi connectivity index (χ2n) is 9.65. The predicted octanol–water partition coefficient (Wildman–Crippen LogP) is 4.21. The third-order valence-corrected chi connectivity index (χ3v) is 10.2. The largest absolute Gasteiger partial charge is 0.497 e. The molecule has 1 N–H and O–H groups in total. The molecule has 1 aromatic carbocycles. The van der Waals surface area contributed by atoms with Crippen LogP contribution in [0.5, 0.6) is 5.75 Å². The number of rotatable bonds is 4. The Labute approximate surface area is 192 Å². The van der Waals surface area contributed by atoms with Gasteiger partial charge in [-0.05, 0) is 48.9 Å². The number of methoxy groups -OCH3 is 1. The number of carbonyl (C=O) groups is 1. The summed E-state index contributed by atoms with van der Waals surface area (Å²) in [6.07, 6.45) is 2.77. The van der Waals surface area contributed by atoms with Crippen LogP contribution in [0.4, 0.5) is 5.13 Å². The number of aromatic nitrogens is 1. The van der Waals surface area contributed by atoms with Crippen LogP contribution in [-0.2, 0) is 26.0 Å². The van der Waals surface area contributed by atoms with Gasteiger partial charge in [0, 0.05) is 22.6 Å². The molecule has 0 radical (unpaired) electrons. The molecule has 5 rings (SSSR count). The molecule has 2 aliphatic carbocycles. The summed E-state index contributed by atoms with van der Waals surface area (Å²) in [6, 6.07) is 6.27. The molecule has 3 aliphatic rings. The zero-order chi connectivity index (χ0) is 22.8. The Hall–Kier alpha value is -2.13. The number of thiazole rings is 1. The molecule has 1 saturated heterocycles. The van der Waals surface area contributed by atoms with E-state index in [1.54, 1.807) is 12.1 Å². The predicted molar refractivity (Wildman–Crippen MR) is 121 cm³/mol. The first-order chi connectivity index (χ1) is 15.1. The van der Waals surface area contributed by atoms with E-state index in [4.69, 9.17) is 14.5 Å². The molecule has 1 saturated carbocycles. The maximum absolute atomic E-state index is 12.9. The highest BCUT2D eigenvalue weighted by atomic mass is 32.2. The average molecular weight is 477 g/mol. The number of carbonyl (C=O) groups excluding carboxylic acids is 1. The molecule has 172 valence electrons. The number of hydrogen-bond acceptors (Lipinski definition) is 7. The first-order valence-electron chi connectivity index (χ1n) is 11.0. The lowest BCUT2D eigenvalue weighted by Gasteiger charge is -2.51. The van der Waals surface area contributed by atoms with Gasteiger partial charge in [-0.25, -0.2) is 13.4 Å². The van der Waals surface area contributed by atoms with Gasteiger partial charge in [-0.15, -0.1) is 11.3 Å². The van der Waals surface area contributed by atoms with Crippen molar-refractivity contribution in [1.82, 2.24) is 4.98 Å². The first kappa shape index (κ1) is 21.7. The van der Waals surface area contributed by atoms with Crippen molar-refractivity contribution >= 4 is 32.5 Å². The minimum atomic E-state index is -3.75. The number of esters is 1. The summed E-state index contributed by atoms with van der Waals surface area (Å²) in [4.78, 5) is 18.3. The van der Waals surface area contributed by atoms with Crippen molar-refractivity contribution in [2.45, 2.75) is 57.0 Å². The van der Waals surface area contributed by atoms with Gasteiger partial charge in [0.25, 0.3) is 10.0 Å². The number of hydrogen-bond donors (Lipinski definition) is 1. The summed E-state index contributed by atoms with van der Waals surface area (Å²) in [6.45, 7) is 6.40. The third-order valence-electron chi connectivity index (χ3n) is 7.75. The molecule has 2 fully saturated rings. The van der Waals surface area contributed by atoms with Crippen LogP contribution in [0.15, 0.2) is 29.2 Å². The number of nitrogens with zero attached hydrogens (tertiary/aromatic N) is 1. The molecule has 32 heavy (non-hydrogen) atoms. The Balaban J connectivity index is 1.43. The van der Waals surface area contributed by atoms with E-state index < -0.39 is 10.0 Å². The van der Waals surface area contributed by atoms with Gasteiger partial charge in [-0.2, -0.15) is 0 Å². The van der Waals surface area contributed by atoms with Crippen molar-refractivity contribution < 1.29 is 22.7 Å². The van der Waals surface area contributed by atoms with E-state index in [1.165, 1.54) is 30.6 Å². The van der Waals surface area contributed by atoms with Crippen LogP contribution in [0.1, 0.15) is 50.1 Å². The van der Waals surface area contributed by atoms with Crippen LogP contribution in [0, 0.1) is 23.2 Å². The quantitative estimate of drug-likeness (QED) is 0.665. The molecular weight excluding hydrogens is 448 g/mol. The highest BCUT2D eigenvalue weighted by Gasteiger charge is 2.58. The van der Waals surface area contributed by atoms with E-state index in [0.29, 0.717) is 10.9 Å².